The smallest absolute Gasteiger partial charge is 0.317 e. The van der Waals surface area contributed by atoms with Crippen molar-refractivity contribution >= 4 is 15.9 Å². The van der Waals surface area contributed by atoms with E-state index in [4.69, 9.17) is 4.74 Å². The number of urea groups is 1. The molecule has 0 saturated carbocycles. The Morgan fingerprint density at radius 3 is 2.65 bits per heavy atom. The standard InChI is InChI=1S/C13H24N2O4S/c1-10(2)14-13(16)15(8-12-4-3-6-19-12)11-5-7-20(17,18)9-11/h10-12H,3-9H2,1-2H3,(H,14,16)/t11-,12+/m0/s1. The van der Waals surface area contributed by atoms with Gasteiger partial charge in [-0.3, -0.25) is 0 Å². The SMILES string of the molecule is CC(C)NC(=O)N(C[C@H]1CCCO1)[C@H]1CCS(=O)(=O)C1. The van der Waals surface area contributed by atoms with E-state index in [0.717, 1.165) is 19.4 Å². The number of hydrogen-bond donors (Lipinski definition) is 1. The van der Waals surface area contributed by atoms with Crippen molar-refractivity contribution < 1.29 is 17.9 Å². The molecule has 116 valence electrons. The van der Waals surface area contributed by atoms with Gasteiger partial charge in [0, 0.05) is 25.2 Å². The third kappa shape index (κ3) is 4.09. The van der Waals surface area contributed by atoms with E-state index in [9.17, 15) is 13.2 Å². The molecule has 0 spiro atoms. The number of carbonyl (C=O) groups excluding carboxylic acids is 1. The van der Waals surface area contributed by atoms with Gasteiger partial charge in [0.1, 0.15) is 0 Å². The van der Waals surface area contributed by atoms with E-state index >= 15 is 0 Å². The van der Waals surface area contributed by atoms with Crippen LogP contribution in [0, 0.1) is 0 Å². The van der Waals surface area contributed by atoms with Crippen LogP contribution in [0.4, 0.5) is 4.79 Å². The van der Waals surface area contributed by atoms with E-state index in [0.29, 0.717) is 13.0 Å². The minimum absolute atomic E-state index is 0.0347. The molecule has 0 aromatic rings. The molecule has 0 unspecified atom stereocenters. The molecule has 1 N–H and O–H groups in total. The van der Waals surface area contributed by atoms with E-state index in [-0.39, 0.29) is 35.7 Å². The van der Waals surface area contributed by atoms with Gasteiger partial charge in [-0.15, -0.1) is 0 Å². The lowest BCUT2D eigenvalue weighted by molar-refractivity contribution is 0.0718. The number of rotatable bonds is 4. The molecule has 2 atom stereocenters. The van der Waals surface area contributed by atoms with Crippen LogP contribution in [0.25, 0.3) is 0 Å². The molecule has 0 aromatic heterocycles. The summed E-state index contributed by atoms with van der Waals surface area (Å²) in [6.45, 7) is 5.01. The summed E-state index contributed by atoms with van der Waals surface area (Å²) in [6, 6.07) is -0.368. The lowest BCUT2D eigenvalue weighted by Crippen LogP contribution is -2.51. The zero-order chi connectivity index (χ0) is 14.8. The first-order chi connectivity index (χ1) is 9.37. The van der Waals surface area contributed by atoms with Crippen LogP contribution in [-0.4, -0.2) is 62.2 Å². The Hall–Kier alpha value is -0.820. The van der Waals surface area contributed by atoms with Crippen molar-refractivity contribution in [1.82, 2.24) is 10.2 Å². The normalized spacial score (nSPS) is 28.8. The van der Waals surface area contributed by atoms with Crippen molar-refractivity contribution in [3.05, 3.63) is 0 Å². The fourth-order valence-corrected chi connectivity index (χ4v) is 4.49. The molecule has 2 aliphatic rings. The quantitative estimate of drug-likeness (QED) is 0.832. The second-order valence-electron chi connectivity index (χ2n) is 5.95. The van der Waals surface area contributed by atoms with Crippen LogP contribution in [-0.2, 0) is 14.6 Å². The maximum Gasteiger partial charge on any atom is 0.317 e. The largest absolute Gasteiger partial charge is 0.376 e. The van der Waals surface area contributed by atoms with Crippen molar-refractivity contribution in [2.24, 2.45) is 0 Å². The lowest BCUT2D eigenvalue weighted by atomic mass is 10.1. The summed E-state index contributed by atoms with van der Waals surface area (Å²) in [7, 11) is -3.00. The Labute approximate surface area is 120 Å². The van der Waals surface area contributed by atoms with Gasteiger partial charge in [-0.05, 0) is 33.1 Å². The van der Waals surface area contributed by atoms with Gasteiger partial charge in [0.15, 0.2) is 9.84 Å². The highest BCUT2D eigenvalue weighted by atomic mass is 32.2. The molecule has 2 amide bonds. The van der Waals surface area contributed by atoms with E-state index in [2.05, 4.69) is 5.32 Å². The summed E-state index contributed by atoms with van der Waals surface area (Å²) in [5.74, 6) is 0.250. The monoisotopic (exact) mass is 304 g/mol. The second-order valence-corrected chi connectivity index (χ2v) is 8.18. The first-order valence-electron chi connectivity index (χ1n) is 7.26. The van der Waals surface area contributed by atoms with Gasteiger partial charge in [0.25, 0.3) is 0 Å². The molecule has 2 fully saturated rings. The van der Waals surface area contributed by atoms with Gasteiger partial charge in [-0.25, -0.2) is 13.2 Å². The Morgan fingerprint density at radius 1 is 1.40 bits per heavy atom. The van der Waals surface area contributed by atoms with Crippen LogP contribution < -0.4 is 5.32 Å². The molecule has 6 nitrogen and oxygen atoms in total. The molecule has 0 aliphatic carbocycles. The Kier molecular flexibility index (Phi) is 4.90. The third-order valence-corrected chi connectivity index (χ3v) is 5.50. The maximum absolute atomic E-state index is 12.3. The zero-order valence-electron chi connectivity index (χ0n) is 12.2. The molecule has 2 aliphatic heterocycles. The average molecular weight is 304 g/mol. The molecule has 20 heavy (non-hydrogen) atoms. The fourth-order valence-electron chi connectivity index (χ4n) is 2.76. The van der Waals surface area contributed by atoms with E-state index in [1.165, 1.54) is 0 Å². The molecule has 0 radical (unpaired) electrons. The van der Waals surface area contributed by atoms with Gasteiger partial charge in [0.05, 0.1) is 17.6 Å². The van der Waals surface area contributed by atoms with Gasteiger partial charge in [0.2, 0.25) is 0 Å². The first kappa shape index (κ1) is 15.6. The van der Waals surface area contributed by atoms with Crippen molar-refractivity contribution in [3.8, 4) is 0 Å². The summed E-state index contributed by atoms with van der Waals surface area (Å²) >= 11 is 0. The van der Waals surface area contributed by atoms with E-state index in [1.54, 1.807) is 4.90 Å². The van der Waals surface area contributed by atoms with Crippen LogP contribution in [0.3, 0.4) is 0 Å². The number of sulfone groups is 1. The number of ether oxygens (including phenoxy) is 1. The molecule has 2 heterocycles. The van der Waals surface area contributed by atoms with E-state index < -0.39 is 9.84 Å². The Morgan fingerprint density at radius 2 is 2.15 bits per heavy atom. The summed E-state index contributed by atoms with van der Waals surface area (Å²) < 4.78 is 28.9. The maximum atomic E-state index is 12.3. The zero-order valence-corrected chi connectivity index (χ0v) is 13.0. The van der Waals surface area contributed by atoms with Crippen LogP contribution in [0.2, 0.25) is 0 Å². The molecule has 0 bridgehead atoms. The summed E-state index contributed by atoms with van der Waals surface area (Å²) in [4.78, 5) is 14.0. The predicted molar refractivity (Wildman–Crippen MR) is 76.4 cm³/mol. The summed E-state index contributed by atoms with van der Waals surface area (Å²) in [6.07, 6.45) is 2.51. The number of hydrogen-bond acceptors (Lipinski definition) is 4. The Bertz CT molecular complexity index is 443. The third-order valence-electron chi connectivity index (χ3n) is 3.75. The first-order valence-corrected chi connectivity index (χ1v) is 9.08. The van der Waals surface area contributed by atoms with Crippen molar-refractivity contribution in [1.29, 1.82) is 0 Å². The van der Waals surface area contributed by atoms with Crippen molar-refractivity contribution in [2.75, 3.05) is 24.7 Å². The Balaban J connectivity index is 2.04. The molecule has 0 aromatic carbocycles. The highest BCUT2D eigenvalue weighted by Gasteiger charge is 2.36. The molecule has 7 heteroatoms. The number of carbonyl (C=O) groups is 1. The van der Waals surface area contributed by atoms with Gasteiger partial charge >= 0.3 is 6.03 Å². The molecular formula is C13H24N2O4S. The van der Waals surface area contributed by atoms with Gasteiger partial charge < -0.3 is 15.0 Å². The van der Waals surface area contributed by atoms with E-state index in [1.807, 2.05) is 13.8 Å². The molecular weight excluding hydrogens is 280 g/mol. The number of amides is 2. The predicted octanol–water partition coefficient (Wildman–Crippen LogP) is 0.772. The van der Waals surface area contributed by atoms with Gasteiger partial charge in [-0.2, -0.15) is 0 Å². The highest BCUT2D eigenvalue weighted by Crippen LogP contribution is 2.21. The second kappa shape index (κ2) is 6.30. The number of nitrogens with zero attached hydrogens (tertiary/aromatic N) is 1. The minimum atomic E-state index is -3.00. The number of nitrogens with one attached hydrogen (secondary N) is 1. The van der Waals surface area contributed by atoms with Crippen molar-refractivity contribution in [3.63, 3.8) is 0 Å². The van der Waals surface area contributed by atoms with Crippen LogP contribution in [0.15, 0.2) is 0 Å². The minimum Gasteiger partial charge on any atom is -0.376 e. The van der Waals surface area contributed by atoms with Crippen molar-refractivity contribution in [2.45, 2.75) is 51.3 Å². The fraction of sp³-hybridized carbons (Fsp3) is 0.923. The van der Waals surface area contributed by atoms with Gasteiger partial charge in [-0.1, -0.05) is 0 Å². The lowest BCUT2D eigenvalue weighted by Gasteiger charge is -2.31. The van der Waals surface area contributed by atoms with Crippen LogP contribution >= 0.6 is 0 Å². The van der Waals surface area contributed by atoms with Crippen LogP contribution in [0.1, 0.15) is 33.1 Å². The van der Waals surface area contributed by atoms with Crippen LogP contribution in [0.5, 0.6) is 0 Å². The highest BCUT2D eigenvalue weighted by molar-refractivity contribution is 7.91. The molecule has 2 saturated heterocycles. The average Bonchev–Trinajstić information content (AvgIpc) is 2.94. The summed E-state index contributed by atoms with van der Waals surface area (Å²) in [5, 5.41) is 2.86. The topological polar surface area (TPSA) is 75.7 Å². The molecule has 2 rings (SSSR count). The summed E-state index contributed by atoms with van der Waals surface area (Å²) in [5.41, 5.74) is 0.